The van der Waals surface area contributed by atoms with Crippen LogP contribution in [-0.4, -0.2) is 40.9 Å². The Hall–Kier alpha value is -2.70. The van der Waals surface area contributed by atoms with E-state index in [2.05, 4.69) is 15.4 Å². The highest BCUT2D eigenvalue weighted by Gasteiger charge is 2.20. The molecule has 0 saturated carbocycles. The van der Waals surface area contributed by atoms with Gasteiger partial charge in [-0.05, 0) is 43.2 Å². The molecule has 3 aromatic rings. The maximum absolute atomic E-state index is 12.4. The molecule has 0 aliphatic rings. The van der Waals surface area contributed by atoms with Gasteiger partial charge in [0.15, 0.2) is 5.82 Å². The summed E-state index contributed by atoms with van der Waals surface area (Å²) >= 11 is 6.15. The molecule has 0 fully saturated rings. The summed E-state index contributed by atoms with van der Waals surface area (Å²) in [7, 11) is 1.58. The number of ether oxygens (including phenoxy) is 1. The van der Waals surface area contributed by atoms with Crippen LogP contribution in [0.1, 0.15) is 21.7 Å². The van der Waals surface area contributed by atoms with Crippen molar-refractivity contribution in [1.82, 2.24) is 20.1 Å². The Morgan fingerprint density at radius 2 is 2.00 bits per heavy atom. The van der Waals surface area contributed by atoms with Crippen molar-refractivity contribution in [3.63, 3.8) is 0 Å². The van der Waals surface area contributed by atoms with Crippen LogP contribution in [0.3, 0.4) is 0 Å². The molecule has 27 heavy (non-hydrogen) atoms. The van der Waals surface area contributed by atoms with Crippen LogP contribution >= 0.6 is 11.6 Å². The van der Waals surface area contributed by atoms with Crippen molar-refractivity contribution in [2.75, 3.05) is 20.3 Å². The molecular formula is C20H21ClN4O2. The Balaban J connectivity index is 2.10. The van der Waals surface area contributed by atoms with E-state index in [0.717, 1.165) is 22.4 Å². The predicted octanol–water partition coefficient (Wildman–Crippen LogP) is 3.58. The van der Waals surface area contributed by atoms with Crippen molar-refractivity contribution in [3.8, 4) is 17.1 Å². The minimum absolute atomic E-state index is 0.0991. The molecule has 1 N–H and O–H groups in total. The van der Waals surface area contributed by atoms with Gasteiger partial charge < -0.3 is 10.1 Å². The van der Waals surface area contributed by atoms with E-state index in [1.165, 1.54) is 0 Å². The normalized spacial score (nSPS) is 10.8. The Morgan fingerprint density at radius 3 is 2.74 bits per heavy atom. The highest BCUT2D eigenvalue weighted by atomic mass is 35.5. The molecule has 1 heterocycles. The number of nitrogens with one attached hydrogen (secondary N) is 1. The van der Waals surface area contributed by atoms with Crippen LogP contribution in [0, 0.1) is 13.8 Å². The highest BCUT2D eigenvalue weighted by Crippen LogP contribution is 2.26. The van der Waals surface area contributed by atoms with Crippen LogP contribution in [0.5, 0.6) is 0 Å². The van der Waals surface area contributed by atoms with Crippen LogP contribution in [0.15, 0.2) is 42.5 Å². The second-order valence-corrected chi connectivity index (χ2v) is 6.59. The van der Waals surface area contributed by atoms with E-state index in [0.29, 0.717) is 24.0 Å². The number of rotatable bonds is 6. The number of carbonyl (C=O) groups is 1. The lowest BCUT2D eigenvalue weighted by Crippen LogP contribution is -2.28. The molecule has 0 aliphatic carbocycles. The van der Waals surface area contributed by atoms with Gasteiger partial charge in [-0.3, -0.25) is 4.79 Å². The van der Waals surface area contributed by atoms with Gasteiger partial charge in [-0.15, -0.1) is 5.10 Å². The van der Waals surface area contributed by atoms with Gasteiger partial charge in [0.05, 0.1) is 12.3 Å². The molecule has 3 rings (SSSR count). The lowest BCUT2D eigenvalue weighted by Gasteiger charge is -2.11. The first-order valence-electron chi connectivity index (χ1n) is 8.58. The van der Waals surface area contributed by atoms with Gasteiger partial charge >= 0.3 is 0 Å². The lowest BCUT2D eigenvalue weighted by molar-refractivity contribution is 0.0927. The summed E-state index contributed by atoms with van der Waals surface area (Å²) in [5.41, 5.74) is 3.85. The van der Waals surface area contributed by atoms with Gasteiger partial charge in [-0.25, -0.2) is 9.67 Å². The number of hydrogen-bond donors (Lipinski definition) is 1. The predicted molar refractivity (Wildman–Crippen MR) is 105 cm³/mol. The maximum atomic E-state index is 12.4. The van der Waals surface area contributed by atoms with E-state index in [-0.39, 0.29) is 11.7 Å². The van der Waals surface area contributed by atoms with Crippen molar-refractivity contribution in [3.05, 3.63) is 64.4 Å². The molecule has 6 nitrogen and oxygen atoms in total. The molecule has 0 aliphatic heterocycles. The van der Waals surface area contributed by atoms with Gasteiger partial charge in [0, 0.05) is 24.2 Å². The zero-order valence-electron chi connectivity index (χ0n) is 15.5. The molecule has 1 aromatic heterocycles. The summed E-state index contributed by atoms with van der Waals surface area (Å²) in [5.74, 6) is 0.310. The lowest BCUT2D eigenvalue weighted by atomic mass is 10.1. The van der Waals surface area contributed by atoms with Crippen molar-refractivity contribution >= 4 is 17.5 Å². The van der Waals surface area contributed by atoms with Crippen molar-refractivity contribution in [2.45, 2.75) is 13.8 Å². The third-order valence-corrected chi connectivity index (χ3v) is 4.52. The molecule has 2 aromatic carbocycles. The zero-order valence-corrected chi connectivity index (χ0v) is 16.2. The van der Waals surface area contributed by atoms with E-state index in [1.54, 1.807) is 23.9 Å². The largest absolute Gasteiger partial charge is 0.383 e. The van der Waals surface area contributed by atoms with Gasteiger partial charge in [0.2, 0.25) is 5.82 Å². The number of amides is 1. The number of nitrogens with zero attached hydrogens (tertiary/aromatic N) is 3. The Bertz CT molecular complexity index is 968. The minimum atomic E-state index is -0.348. The summed E-state index contributed by atoms with van der Waals surface area (Å²) in [6.07, 6.45) is 0. The van der Waals surface area contributed by atoms with Gasteiger partial charge in [-0.2, -0.15) is 0 Å². The first-order chi connectivity index (χ1) is 13.0. The van der Waals surface area contributed by atoms with Gasteiger partial charge in [0.1, 0.15) is 0 Å². The second kappa shape index (κ2) is 8.33. The summed E-state index contributed by atoms with van der Waals surface area (Å²) < 4.78 is 6.66. The number of halogens is 1. The van der Waals surface area contributed by atoms with E-state index in [9.17, 15) is 4.79 Å². The molecule has 140 valence electrons. The van der Waals surface area contributed by atoms with E-state index in [4.69, 9.17) is 16.3 Å². The molecule has 0 atom stereocenters. The fraction of sp³-hybridized carbons (Fsp3) is 0.250. The third-order valence-electron chi connectivity index (χ3n) is 4.29. The summed E-state index contributed by atoms with van der Waals surface area (Å²) in [4.78, 5) is 16.9. The number of aryl methyl sites for hydroxylation is 1. The van der Waals surface area contributed by atoms with Gasteiger partial charge in [0.25, 0.3) is 5.91 Å². The Labute approximate surface area is 163 Å². The van der Waals surface area contributed by atoms with E-state index in [1.807, 2.05) is 44.2 Å². The third kappa shape index (κ3) is 4.18. The number of methoxy groups -OCH3 is 1. The maximum Gasteiger partial charge on any atom is 0.291 e. The average molecular weight is 385 g/mol. The number of carbonyl (C=O) groups excluding carboxylic acids is 1. The highest BCUT2D eigenvalue weighted by molar-refractivity contribution is 6.30. The van der Waals surface area contributed by atoms with Crippen LogP contribution < -0.4 is 5.32 Å². The summed E-state index contributed by atoms with van der Waals surface area (Å²) in [6.45, 7) is 4.87. The average Bonchev–Trinajstić information content (AvgIpc) is 3.09. The smallest absolute Gasteiger partial charge is 0.291 e. The Kier molecular flexibility index (Phi) is 5.88. The molecular weight excluding hydrogens is 364 g/mol. The first kappa shape index (κ1) is 19.1. The van der Waals surface area contributed by atoms with Crippen molar-refractivity contribution in [1.29, 1.82) is 0 Å². The molecule has 0 radical (unpaired) electrons. The van der Waals surface area contributed by atoms with Crippen molar-refractivity contribution < 1.29 is 9.53 Å². The number of benzene rings is 2. The molecule has 0 bridgehead atoms. The first-order valence-corrected chi connectivity index (χ1v) is 8.95. The number of aromatic nitrogens is 3. The van der Waals surface area contributed by atoms with Crippen LogP contribution in [0.2, 0.25) is 5.02 Å². The van der Waals surface area contributed by atoms with Crippen LogP contribution in [0.4, 0.5) is 0 Å². The topological polar surface area (TPSA) is 69.0 Å². The fourth-order valence-electron chi connectivity index (χ4n) is 2.70. The minimum Gasteiger partial charge on any atom is -0.383 e. The summed E-state index contributed by atoms with van der Waals surface area (Å²) in [5, 5.41) is 7.82. The zero-order chi connectivity index (χ0) is 19.4. The molecule has 0 saturated heterocycles. The standard InChI is InChI=1S/C20H21ClN4O2/c1-13-6-4-9-17(14(13)2)25-19(15-7-5-8-16(21)12-15)23-18(24-25)20(26)22-10-11-27-3/h4-9,12H,10-11H2,1-3H3,(H,22,26). The molecule has 7 heteroatoms. The molecule has 1 amide bonds. The molecule has 0 spiro atoms. The second-order valence-electron chi connectivity index (χ2n) is 6.15. The van der Waals surface area contributed by atoms with Crippen LogP contribution in [0.25, 0.3) is 17.1 Å². The Morgan fingerprint density at radius 1 is 1.22 bits per heavy atom. The molecule has 0 unspecified atom stereocenters. The van der Waals surface area contributed by atoms with Crippen molar-refractivity contribution in [2.24, 2.45) is 0 Å². The summed E-state index contributed by atoms with van der Waals surface area (Å²) in [6, 6.07) is 13.3. The van der Waals surface area contributed by atoms with E-state index < -0.39 is 0 Å². The van der Waals surface area contributed by atoms with E-state index >= 15 is 0 Å². The van der Waals surface area contributed by atoms with Crippen LogP contribution in [-0.2, 0) is 4.74 Å². The fourth-order valence-corrected chi connectivity index (χ4v) is 2.89. The monoisotopic (exact) mass is 384 g/mol. The SMILES string of the molecule is COCCNC(=O)c1nc(-c2cccc(Cl)c2)n(-c2cccc(C)c2C)n1. The quantitative estimate of drug-likeness (QED) is 0.659. The van der Waals surface area contributed by atoms with Gasteiger partial charge in [-0.1, -0.05) is 35.9 Å². The number of hydrogen-bond acceptors (Lipinski definition) is 4.